The maximum atomic E-state index is 13.1. The molecule has 0 spiro atoms. The molecule has 1 atom stereocenters. The molecule has 4 heterocycles. The monoisotopic (exact) mass is 412 g/mol. The van der Waals surface area contributed by atoms with E-state index in [1.807, 2.05) is 28.5 Å². The molecule has 142 valence electrons. The van der Waals surface area contributed by atoms with Crippen LogP contribution in [0.1, 0.15) is 34.7 Å². The highest BCUT2D eigenvalue weighted by atomic mass is 35.5. The van der Waals surface area contributed by atoms with Gasteiger partial charge in [0, 0.05) is 48.1 Å². The molecule has 0 saturated carbocycles. The van der Waals surface area contributed by atoms with Crippen LogP contribution in [0.15, 0.2) is 36.1 Å². The molecule has 0 aliphatic carbocycles. The lowest BCUT2D eigenvalue weighted by atomic mass is 10.0. The highest BCUT2D eigenvalue weighted by Crippen LogP contribution is 2.33. The van der Waals surface area contributed by atoms with Gasteiger partial charge in [-0.05, 0) is 18.2 Å². The molecule has 0 radical (unpaired) electrons. The molecule has 0 bridgehead atoms. The molecular formula is C19H17ClN6OS. The van der Waals surface area contributed by atoms with Gasteiger partial charge in [0.15, 0.2) is 0 Å². The zero-order valence-electron chi connectivity index (χ0n) is 14.9. The molecule has 1 aliphatic heterocycles. The smallest absolute Gasteiger partial charge is 0.223 e. The number of carbonyl (C=O) groups is 1. The first kappa shape index (κ1) is 17.4. The molecule has 1 aromatic carbocycles. The van der Waals surface area contributed by atoms with Gasteiger partial charge in [-0.25, -0.2) is 15.0 Å². The fourth-order valence-corrected chi connectivity index (χ4v) is 4.48. The molecular weight excluding hydrogens is 396 g/mol. The summed E-state index contributed by atoms with van der Waals surface area (Å²) >= 11 is 7.68. The summed E-state index contributed by atoms with van der Waals surface area (Å²) in [5.41, 5.74) is 3.56. The molecule has 1 aliphatic rings. The van der Waals surface area contributed by atoms with Crippen LogP contribution >= 0.6 is 22.9 Å². The maximum Gasteiger partial charge on any atom is 0.223 e. The van der Waals surface area contributed by atoms with E-state index in [2.05, 4.69) is 19.9 Å². The van der Waals surface area contributed by atoms with E-state index >= 15 is 0 Å². The van der Waals surface area contributed by atoms with Crippen molar-refractivity contribution in [3.05, 3.63) is 63.3 Å². The number of nitrogens with one attached hydrogen (secondary N) is 2. The normalized spacial score (nSPS) is 16.5. The Morgan fingerprint density at radius 2 is 2.29 bits per heavy atom. The summed E-state index contributed by atoms with van der Waals surface area (Å²) in [6.07, 6.45) is 5.25. The van der Waals surface area contributed by atoms with Gasteiger partial charge in [-0.15, -0.1) is 11.3 Å². The fourth-order valence-electron chi connectivity index (χ4n) is 3.69. The molecule has 0 unspecified atom stereocenters. The van der Waals surface area contributed by atoms with Gasteiger partial charge in [0.1, 0.15) is 11.9 Å². The van der Waals surface area contributed by atoms with Crippen molar-refractivity contribution in [1.29, 1.82) is 0 Å². The van der Waals surface area contributed by atoms with E-state index in [1.165, 1.54) is 0 Å². The van der Waals surface area contributed by atoms with Gasteiger partial charge >= 0.3 is 0 Å². The largest absolute Gasteiger partial charge is 0.348 e. The number of halogens is 1. The van der Waals surface area contributed by atoms with Gasteiger partial charge in [0.25, 0.3) is 0 Å². The van der Waals surface area contributed by atoms with Crippen LogP contribution in [-0.4, -0.2) is 42.3 Å². The lowest BCUT2D eigenvalue weighted by Crippen LogP contribution is -2.41. The van der Waals surface area contributed by atoms with Crippen molar-refractivity contribution >= 4 is 39.9 Å². The lowest BCUT2D eigenvalue weighted by Gasteiger charge is -2.33. The second-order valence-corrected chi connectivity index (χ2v) is 8.13. The third-order valence-corrected chi connectivity index (χ3v) is 6.08. The number of fused-ring (bicyclic) bond motifs is 2. The zero-order valence-corrected chi connectivity index (χ0v) is 16.4. The van der Waals surface area contributed by atoms with Gasteiger partial charge in [-0.3, -0.25) is 4.79 Å². The van der Waals surface area contributed by atoms with Crippen LogP contribution in [0.2, 0.25) is 5.02 Å². The average Bonchev–Trinajstić information content (AvgIpc) is 3.44. The summed E-state index contributed by atoms with van der Waals surface area (Å²) in [5, 5.41) is 3.54. The van der Waals surface area contributed by atoms with E-state index in [9.17, 15) is 4.79 Å². The summed E-state index contributed by atoms with van der Waals surface area (Å²) in [6, 6.07) is 5.19. The van der Waals surface area contributed by atoms with E-state index in [0.717, 1.165) is 33.8 Å². The molecule has 9 heteroatoms. The number of imidazole rings is 2. The SMILES string of the molecule is O=C(CCc1nccs1)N1CCc2[nH]cnc2[C@H]1c1nc2ccc(Cl)cc2[nH]1. The summed E-state index contributed by atoms with van der Waals surface area (Å²) in [4.78, 5) is 35.0. The number of hydrogen-bond donors (Lipinski definition) is 2. The Hall–Kier alpha value is -2.71. The number of H-pyrrole nitrogens is 2. The second-order valence-electron chi connectivity index (χ2n) is 6.72. The number of benzene rings is 1. The summed E-state index contributed by atoms with van der Waals surface area (Å²) in [7, 11) is 0. The molecule has 7 nitrogen and oxygen atoms in total. The fraction of sp³-hybridized carbons (Fsp3) is 0.263. The van der Waals surface area contributed by atoms with E-state index in [-0.39, 0.29) is 11.9 Å². The van der Waals surface area contributed by atoms with Crippen molar-refractivity contribution in [3.8, 4) is 0 Å². The number of thiazole rings is 1. The molecule has 2 N–H and O–H groups in total. The Bertz CT molecular complexity index is 1130. The Labute approximate surface area is 169 Å². The van der Waals surface area contributed by atoms with Crippen molar-refractivity contribution in [2.24, 2.45) is 0 Å². The van der Waals surface area contributed by atoms with Crippen LogP contribution < -0.4 is 0 Å². The molecule has 3 aromatic heterocycles. The number of aromatic amines is 2. The Morgan fingerprint density at radius 1 is 1.36 bits per heavy atom. The topological polar surface area (TPSA) is 90.6 Å². The van der Waals surface area contributed by atoms with Gasteiger partial charge in [0.05, 0.1) is 28.1 Å². The third kappa shape index (κ3) is 3.08. The highest BCUT2D eigenvalue weighted by Gasteiger charge is 2.35. The summed E-state index contributed by atoms with van der Waals surface area (Å²) in [6.45, 7) is 0.619. The highest BCUT2D eigenvalue weighted by molar-refractivity contribution is 7.09. The van der Waals surface area contributed by atoms with Crippen LogP contribution in [0.3, 0.4) is 0 Å². The number of aromatic nitrogens is 5. The first-order valence-electron chi connectivity index (χ1n) is 9.04. The van der Waals surface area contributed by atoms with E-state index < -0.39 is 0 Å². The molecule has 0 saturated heterocycles. The Kier molecular flexibility index (Phi) is 4.37. The average molecular weight is 413 g/mol. The predicted molar refractivity (Wildman–Crippen MR) is 107 cm³/mol. The van der Waals surface area contributed by atoms with Crippen LogP contribution in [-0.2, 0) is 17.6 Å². The van der Waals surface area contributed by atoms with E-state index in [1.54, 1.807) is 23.9 Å². The Morgan fingerprint density at radius 3 is 3.14 bits per heavy atom. The van der Waals surface area contributed by atoms with Crippen LogP contribution in [0, 0.1) is 0 Å². The van der Waals surface area contributed by atoms with Gasteiger partial charge in [-0.1, -0.05) is 11.6 Å². The first-order valence-corrected chi connectivity index (χ1v) is 10.3. The van der Waals surface area contributed by atoms with Crippen molar-refractivity contribution < 1.29 is 4.79 Å². The number of rotatable bonds is 4. The number of nitrogens with zero attached hydrogens (tertiary/aromatic N) is 4. The predicted octanol–water partition coefficient (Wildman–Crippen LogP) is 3.50. The maximum absolute atomic E-state index is 13.1. The minimum atomic E-state index is -0.343. The van der Waals surface area contributed by atoms with Crippen molar-refractivity contribution in [1.82, 2.24) is 29.8 Å². The van der Waals surface area contributed by atoms with Crippen molar-refractivity contribution in [3.63, 3.8) is 0 Å². The van der Waals surface area contributed by atoms with Crippen LogP contribution in [0.25, 0.3) is 11.0 Å². The second kappa shape index (κ2) is 7.03. The quantitative estimate of drug-likeness (QED) is 0.536. The molecule has 28 heavy (non-hydrogen) atoms. The Balaban J connectivity index is 1.49. The van der Waals surface area contributed by atoms with Gasteiger partial charge in [-0.2, -0.15) is 0 Å². The van der Waals surface area contributed by atoms with Crippen molar-refractivity contribution in [2.75, 3.05) is 6.54 Å². The first-order chi connectivity index (χ1) is 13.7. The summed E-state index contributed by atoms with van der Waals surface area (Å²) in [5.74, 6) is 0.778. The minimum Gasteiger partial charge on any atom is -0.348 e. The van der Waals surface area contributed by atoms with Gasteiger partial charge < -0.3 is 14.9 Å². The minimum absolute atomic E-state index is 0.0762. The van der Waals surface area contributed by atoms with Crippen molar-refractivity contribution in [2.45, 2.75) is 25.3 Å². The third-order valence-electron chi connectivity index (χ3n) is 5.00. The van der Waals surface area contributed by atoms with Crippen LogP contribution in [0.4, 0.5) is 0 Å². The number of aryl methyl sites for hydroxylation is 1. The molecule has 0 fully saturated rings. The lowest BCUT2D eigenvalue weighted by molar-refractivity contribution is -0.133. The van der Waals surface area contributed by atoms with Gasteiger partial charge in [0.2, 0.25) is 5.91 Å². The summed E-state index contributed by atoms with van der Waals surface area (Å²) < 4.78 is 0. The number of hydrogen-bond acceptors (Lipinski definition) is 5. The number of carbonyl (C=O) groups excluding carboxylic acids is 1. The number of amides is 1. The standard InChI is InChI=1S/C19H17ClN6OS/c20-11-1-2-12-14(9-11)25-19(24-12)18-17-13(22-10-23-17)5-7-26(18)16(27)4-3-15-21-6-8-28-15/h1-2,6,8-10,18H,3-5,7H2,(H,22,23)(H,24,25)/t18-/m0/s1. The van der Waals surface area contributed by atoms with E-state index in [0.29, 0.717) is 30.2 Å². The van der Waals surface area contributed by atoms with E-state index in [4.69, 9.17) is 16.6 Å². The molecule has 1 amide bonds. The molecule has 4 aromatic rings. The molecule has 5 rings (SSSR count). The van der Waals surface area contributed by atoms with Crippen LogP contribution in [0.5, 0.6) is 0 Å². The zero-order chi connectivity index (χ0) is 19.1.